The fourth-order valence-corrected chi connectivity index (χ4v) is 4.53. The summed E-state index contributed by atoms with van der Waals surface area (Å²) in [5.41, 5.74) is 1.69. The Kier molecular flexibility index (Phi) is 6.13. The first kappa shape index (κ1) is 20.2. The molecule has 0 spiro atoms. The number of benzene rings is 2. The fourth-order valence-electron chi connectivity index (χ4n) is 3.56. The molecule has 1 N–H and O–H groups in total. The van der Waals surface area contributed by atoms with Crippen LogP contribution in [0.15, 0.2) is 48.5 Å². The highest BCUT2D eigenvalue weighted by molar-refractivity contribution is 7.14. The predicted molar refractivity (Wildman–Crippen MR) is 117 cm³/mol. The van der Waals surface area contributed by atoms with E-state index in [1.807, 2.05) is 53.4 Å². The van der Waals surface area contributed by atoms with Crippen LogP contribution in [0.2, 0.25) is 0 Å². The van der Waals surface area contributed by atoms with E-state index in [2.05, 4.69) is 15.5 Å². The number of piperidine rings is 1. The molecule has 1 aromatic heterocycles. The number of hydrogen-bond donors (Lipinski definition) is 1. The number of likely N-dealkylation sites (tertiary alicyclic amines) is 1. The number of carbonyl (C=O) groups excluding carboxylic acids is 1. The second-order valence-electron chi connectivity index (χ2n) is 7.09. The molecule has 3 aromatic rings. The molecule has 1 saturated heterocycles. The first-order chi connectivity index (χ1) is 14.7. The Balaban J connectivity index is 1.43. The van der Waals surface area contributed by atoms with Crippen molar-refractivity contribution in [3.63, 3.8) is 0 Å². The molecule has 156 valence electrons. The summed E-state index contributed by atoms with van der Waals surface area (Å²) in [5, 5.41) is 13.6. The van der Waals surface area contributed by atoms with Gasteiger partial charge in [-0.15, -0.1) is 10.2 Å². The number of ether oxygens (including phenoxy) is 2. The highest BCUT2D eigenvalue weighted by Gasteiger charge is 2.27. The molecule has 2 amide bonds. The lowest BCUT2D eigenvalue weighted by Crippen LogP contribution is -2.41. The number of carbonyl (C=O) groups is 1. The van der Waals surface area contributed by atoms with Gasteiger partial charge in [-0.2, -0.15) is 0 Å². The molecule has 1 aliphatic rings. The molecule has 0 radical (unpaired) electrons. The van der Waals surface area contributed by atoms with E-state index in [0.717, 1.165) is 40.7 Å². The van der Waals surface area contributed by atoms with Gasteiger partial charge in [0.2, 0.25) is 0 Å². The second-order valence-corrected chi connectivity index (χ2v) is 8.10. The summed E-state index contributed by atoms with van der Waals surface area (Å²) < 4.78 is 10.5. The van der Waals surface area contributed by atoms with Crippen LogP contribution in [-0.2, 0) is 0 Å². The first-order valence-corrected chi connectivity index (χ1v) is 10.7. The van der Waals surface area contributed by atoms with E-state index in [0.29, 0.717) is 18.0 Å². The van der Waals surface area contributed by atoms with Crippen LogP contribution >= 0.6 is 11.3 Å². The van der Waals surface area contributed by atoms with Crippen molar-refractivity contribution in [1.82, 2.24) is 15.1 Å². The molecule has 1 fully saturated rings. The molecule has 8 heteroatoms. The van der Waals surface area contributed by atoms with Crippen LogP contribution in [0, 0.1) is 0 Å². The molecule has 7 nitrogen and oxygen atoms in total. The van der Waals surface area contributed by atoms with Crippen molar-refractivity contribution >= 4 is 23.1 Å². The molecule has 0 bridgehead atoms. The number of aromatic nitrogens is 2. The Morgan fingerprint density at radius 1 is 1.10 bits per heavy atom. The Morgan fingerprint density at radius 3 is 2.67 bits per heavy atom. The largest absolute Gasteiger partial charge is 0.497 e. The third kappa shape index (κ3) is 4.38. The molecule has 2 heterocycles. The normalized spacial score (nSPS) is 16.2. The number of rotatable bonds is 5. The number of hydrogen-bond acceptors (Lipinski definition) is 6. The van der Waals surface area contributed by atoms with E-state index in [1.165, 1.54) is 0 Å². The zero-order valence-corrected chi connectivity index (χ0v) is 17.8. The molecule has 30 heavy (non-hydrogen) atoms. The van der Waals surface area contributed by atoms with E-state index in [1.54, 1.807) is 25.6 Å². The van der Waals surface area contributed by atoms with Crippen LogP contribution in [0.5, 0.6) is 11.5 Å². The monoisotopic (exact) mass is 424 g/mol. The second kappa shape index (κ2) is 9.13. The summed E-state index contributed by atoms with van der Waals surface area (Å²) in [6.45, 7) is 1.35. The van der Waals surface area contributed by atoms with Crippen molar-refractivity contribution in [3.05, 3.63) is 53.5 Å². The van der Waals surface area contributed by atoms with Gasteiger partial charge in [0.1, 0.15) is 21.5 Å². The molecule has 2 aromatic carbocycles. The van der Waals surface area contributed by atoms with Gasteiger partial charge in [0.15, 0.2) is 0 Å². The van der Waals surface area contributed by atoms with Gasteiger partial charge in [-0.3, -0.25) is 0 Å². The molecule has 1 aliphatic heterocycles. The van der Waals surface area contributed by atoms with E-state index >= 15 is 0 Å². The van der Waals surface area contributed by atoms with Gasteiger partial charge in [-0.05, 0) is 49.2 Å². The quantitative estimate of drug-likeness (QED) is 0.646. The van der Waals surface area contributed by atoms with Gasteiger partial charge in [0, 0.05) is 24.6 Å². The van der Waals surface area contributed by atoms with E-state index in [9.17, 15) is 4.79 Å². The van der Waals surface area contributed by atoms with Gasteiger partial charge in [-0.25, -0.2) is 4.79 Å². The van der Waals surface area contributed by atoms with Gasteiger partial charge in [0.25, 0.3) is 0 Å². The first-order valence-electron chi connectivity index (χ1n) is 9.84. The maximum Gasteiger partial charge on any atom is 0.321 e. The predicted octanol–water partition coefficient (Wildman–Crippen LogP) is 4.63. The van der Waals surface area contributed by atoms with Gasteiger partial charge < -0.3 is 19.7 Å². The van der Waals surface area contributed by atoms with E-state index in [4.69, 9.17) is 9.47 Å². The summed E-state index contributed by atoms with van der Waals surface area (Å²) >= 11 is 1.59. The van der Waals surface area contributed by atoms with Crippen LogP contribution in [0.4, 0.5) is 10.5 Å². The number of anilines is 1. The highest BCUT2D eigenvalue weighted by atomic mass is 32.1. The standard InChI is InChI=1S/C22H24N4O3S/c1-28-17-11-9-15(10-12-17)20-24-25-21(30-20)16-6-5-13-26(14-16)22(27)23-18-7-3-4-8-19(18)29-2/h3-4,7-12,16H,5-6,13-14H2,1-2H3,(H,23,27)/t16-/m0/s1. The molecule has 0 saturated carbocycles. The smallest absolute Gasteiger partial charge is 0.321 e. The minimum absolute atomic E-state index is 0.121. The Bertz CT molecular complexity index is 1010. The maximum absolute atomic E-state index is 12.8. The number of urea groups is 1. The zero-order valence-electron chi connectivity index (χ0n) is 17.0. The van der Waals surface area contributed by atoms with Crippen molar-refractivity contribution in [2.45, 2.75) is 18.8 Å². The van der Waals surface area contributed by atoms with Gasteiger partial charge in [0.05, 0.1) is 19.9 Å². The molecule has 0 aliphatic carbocycles. The van der Waals surface area contributed by atoms with Crippen molar-refractivity contribution in [1.29, 1.82) is 0 Å². The van der Waals surface area contributed by atoms with E-state index in [-0.39, 0.29) is 11.9 Å². The van der Waals surface area contributed by atoms with Crippen molar-refractivity contribution in [2.24, 2.45) is 0 Å². The summed E-state index contributed by atoms with van der Waals surface area (Å²) in [4.78, 5) is 14.7. The lowest BCUT2D eigenvalue weighted by molar-refractivity contribution is 0.192. The number of amides is 2. The topological polar surface area (TPSA) is 76.6 Å². The maximum atomic E-state index is 12.8. The van der Waals surface area contributed by atoms with Crippen LogP contribution in [0.1, 0.15) is 23.8 Å². The fraction of sp³-hybridized carbons (Fsp3) is 0.318. The minimum Gasteiger partial charge on any atom is -0.497 e. The van der Waals surface area contributed by atoms with Crippen LogP contribution < -0.4 is 14.8 Å². The summed E-state index contributed by atoms with van der Waals surface area (Å²) in [7, 11) is 3.24. The number of para-hydroxylation sites is 2. The van der Waals surface area contributed by atoms with Crippen LogP contribution in [0.25, 0.3) is 10.6 Å². The molecular weight excluding hydrogens is 400 g/mol. The zero-order chi connectivity index (χ0) is 20.9. The summed E-state index contributed by atoms with van der Waals surface area (Å²) in [5.74, 6) is 1.65. The number of nitrogens with zero attached hydrogens (tertiary/aromatic N) is 3. The number of nitrogens with one attached hydrogen (secondary N) is 1. The third-order valence-corrected chi connectivity index (χ3v) is 6.32. The van der Waals surface area contributed by atoms with Crippen molar-refractivity contribution in [2.75, 3.05) is 32.6 Å². The minimum atomic E-state index is -0.121. The van der Waals surface area contributed by atoms with Gasteiger partial charge >= 0.3 is 6.03 Å². The van der Waals surface area contributed by atoms with E-state index < -0.39 is 0 Å². The summed E-state index contributed by atoms with van der Waals surface area (Å²) in [6, 6.07) is 15.1. The molecular formula is C22H24N4O3S. The van der Waals surface area contributed by atoms with Crippen LogP contribution in [0.3, 0.4) is 0 Å². The number of methoxy groups -OCH3 is 2. The lowest BCUT2D eigenvalue weighted by atomic mass is 9.99. The third-order valence-electron chi connectivity index (χ3n) is 5.18. The summed E-state index contributed by atoms with van der Waals surface area (Å²) in [6.07, 6.45) is 1.93. The average molecular weight is 425 g/mol. The Hall–Kier alpha value is -3.13. The highest BCUT2D eigenvalue weighted by Crippen LogP contribution is 2.33. The van der Waals surface area contributed by atoms with Crippen LogP contribution in [-0.4, -0.2) is 48.4 Å². The van der Waals surface area contributed by atoms with Crippen molar-refractivity contribution < 1.29 is 14.3 Å². The lowest BCUT2D eigenvalue weighted by Gasteiger charge is -2.31. The Labute approximate surface area is 179 Å². The SMILES string of the molecule is COc1ccc(-c2nnc([C@H]3CCCN(C(=O)Nc4ccccc4OC)C3)s2)cc1. The molecule has 0 unspecified atom stereocenters. The van der Waals surface area contributed by atoms with Gasteiger partial charge in [-0.1, -0.05) is 23.5 Å². The molecule has 4 rings (SSSR count). The molecule has 1 atom stereocenters. The average Bonchev–Trinajstić information content (AvgIpc) is 3.30. The Morgan fingerprint density at radius 2 is 1.90 bits per heavy atom. The van der Waals surface area contributed by atoms with Crippen molar-refractivity contribution in [3.8, 4) is 22.1 Å².